The van der Waals surface area contributed by atoms with Crippen LogP contribution in [0.15, 0.2) is 183 Å². The molecule has 0 radical (unpaired) electrons. The van der Waals surface area contributed by atoms with Crippen molar-refractivity contribution < 1.29 is 0 Å². The Hall–Kier alpha value is -7.57. The van der Waals surface area contributed by atoms with Crippen LogP contribution in [-0.2, 0) is 5.41 Å². The van der Waals surface area contributed by atoms with Gasteiger partial charge in [0.15, 0.2) is 0 Å². The van der Waals surface area contributed by atoms with Crippen molar-refractivity contribution >= 4 is 44.5 Å². The molecule has 6 heteroatoms. The first-order valence-electron chi connectivity index (χ1n) is 19.4. The monoisotopic (exact) mass is 730 g/mol. The van der Waals surface area contributed by atoms with Crippen LogP contribution in [0.25, 0.3) is 72.4 Å². The van der Waals surface area contributed by atoms with Crippen LogP contribution in [0.1, 0.15) is 27.9 Å². The second-order valence-corrected chi connectivity index (χ2v) is 14.9. The molecule has 0 atom stereocenters. The van der Waals surface area contributed by atoms with Crippen LogP contribution < -0.4 is 5.32 Å². The van der Waals surface area contributed by atoms with E-state index in [9.17, 15) is 0 Å². The van der Waals surface area contributed by atoms with Crippen LogP contribution in [0, 0.1) is 0 Å². The molecule has 5 aromatic heterocycles. The zero-order valence-corrected chi connectivity index (χ0v) is 30.8. The van der Waals surface area contributed by atoms with Gasteiger partial charge in [-0.05, 0) is 93.6 Å². The number of anilines is 1. The molecule has 1 aliphatic heterocycles. The molecule has 0 bridgehead atoms. The molecule has 0 saturated carbocycles. The van der Waals surface area contributed by atoms with E-state index in [1.165, 1.54) is 55.2 Å². The maximum Gasteiger partial charge on any atom is 0.0744 e. The van der Waals surface area contributed by atoms with E-state index in [1.54, 1.807) is 0 Å². The van der Waals surface area contributed by atoms with Crippen LogP contribution >= 0.6 is 0 Å². The third-order valence-corrected chi connectivity index (χ3v) is 12.1. The van der Waals surface area contributed by atoms with Gasteiger partial charge in [0.05, 0.1) is 33.3 Å². The van der Waals surface area contributed by atoms with Gasteiger partial charge in [-0.15, -0.1) is 0 Å². The third-order valence-electron chi connectivity index (χ3n) is 12.1. The first-order valence-corrected chi connectivity index (χ1v) is 19.4. The fraction of sp³-hybridized carbons (Fsp3) is 0.0392. The Bertz CT molecular complexity index is 3170. The van der Waals surface area contributed by atoms with Gasteiger partial charge in [-0.25, -0.2) is 0 Å². The van der Waals surface area contributed by atoms with Crippen molar-refractivity contribution in [1.82, 2.24) is 24.1 Å². The van der Waals surface area contributed by atoms with E-state index in [1.807, 2.05) is 49.3 Å². The zero-order chi connectivity index (χ0) is 37.5. The molecule has 6 nitrogen and oxygen atoms in total. The summed E-state index contributed by atoms with van der Waals surface area (Å²) >= 11 is 0. The number of aromatic nitrogens is 5. The van der Waals surface area contributed by atoms with Gasteiger partial charge in [0.1, 0.15) is 0 Å². The van der Waals surface area contributed by atoms with Crippen molar-refractivity contribution in [2.75, 3.05) is 11.9 Å². The summed E-state index contributed by atoms with van der Waals surface area (Å²) in [6.45, 7) is 0.817. The highest BCUT2D eigenvalue weighted by atomic mass is 15.0. The van der Waals surface area contributed by atoms with Gasteiger partial charge in [-0.2, -0.15) is 0 Å². The topological polar surface area (TPSA) is 60.6 Å². The molecule has 0 amide bonds. The maximum atomic E-state index is 4.65. The number of rotatable bonds is 5. The molecule has 5 aromatic carbocycles. The van der Waals surface area contributed by atoms with E-state index in [4.69, 9.17) is 0 Å². The van der Waals surface area contributed by atoms with Crippen molar-refractivity contribution in [1.29, 1.82) is 0 Å². The summed E-state index contributed by atoms with van der Waals surface area (Å²) in [6, 6.07) is 50.9. The summed E-state index contributed by atoms with van der Waals surface area (Å²) in [6.07, 6.45) is 15.9. The smallest absolute Gasteiger partial charge is 0.0744 e. The Morgan fingerprint density at radius 3 is 1.91 bits per heavy atom. The highest BCUT2D eigenvalue weighted by molar-refractivity contribution is 6.16. The van der Waals surface area contributed by atoms with Gasteiger partial charge in [0, 0.05) is 76.8 Å². The summed E-state index contributed by atoms with van der Waals surface area (Å²) in [4.78, 5) is 13.7. The number of hydrogen-bond acceptors (Lipinski definition) is 4. The number of para-hydroxylation sites is 1. The van der Waals surface area contributed by atoms with Gasteiger partial charge < -0.3 is 14.5 Å². The number of hydrogen-bond donors (Lipinski definition) is 1. The van der Waals surface area contributed by atoms with Crippen LogP contribution in [-0.4, -0.2) is 30.6 Å². The van der Waals surface area contributed by atoms with Gasteiger partial charge in [-0.1, -0.05) is 97.1 Å². The number of benzene rings is 5. The molecule has 0 fully saturated rings. The summed E-state index contributed by atoms with van der Waals surface area (Å²) in [5.41, 5.74) is 17.0. The predicted molar refractivity (Wildman–Crippen MR) is 231 cm³/mol. The highest BCUT2D eigenvalue weighted by Gasteiger charge is 2.47. The Kier molecular flexibility index (Phi) is 6.81. The van der Waals surface area contributed by atoms with E-state index >= 15 is 0 Å². The Balaban J connectivity index is 1.03. The molecule has 2 aliphatic rings. The second kappa shape index (κ2) is 12.2. The lowest BCUT2D eigenvalue weighted by Gasteiger charge is -2.33. The normalized spacial score (nSPS) is 13.8. The van der Waals surface area contributed by atoms with Gasteiger partial charge in [0.2, 0.25) is 0 Å². The van der Waals surface area contributed by atoms with Crippen LogP contribution in [0.3, 0.4) is 0 Å². The fourth-order valence-corrected chi connectivity index (χ4v) is 9.76. The fourth-order valence-electron chi connectivity index (χ4n) is 9.76. The zero-order valence-electron chi connectivity index (χ0n) is 30.8. The van der Waals surface area contributed by atoms with Gasteiger partial charge in [-0.3, -0.25) is 15.0 Å². The van der Waals surface area contributed by atoms with Crippen molar-refractivity contribution in [3.63, 3.8) is 0 Å². The molecule has 0 unspecified atom stereocenters. The molecule has 6 heterocycles. The molecule has 0 saturated heterocycles. The summed E-state index contributed by atoms with van der Waals surface area (Å²) in [7, 11) is 0. The minimum Gasteiger partial charge on any atom is -0.379 e. The molecular weight excluding hydrogens is 697 g/mol. The lowest BCUT2D eigenvalue weighted by atomic mass is 9.68. The predicted octanol–water partition coefficient (Wildman–Crippen LogP) is 11.4. The molecule has 268 valence electrons. The third kappa shape index (κ3) is 4.43. The standard InChI is InChI=1S/C51H34N6/c1-3-12-43-41(11-1)48-44(51(43,35-8-5-26-52-30-35)36-9-6-27-53-31-36)24-23-40-39-10-2-4-13-45(39)57(50(40)48)38-21-17-34(18-22-38)33-15-19-37(20-16-33)56-46-25-29-54-32-42(46)49-47(56)14-7-28-55-49/h1-27,29-32,55H,28H2. The lowest BCUT2D eigenvalue weighted by molar-refractivity contribution is 0.758. The van der Waals surface area contributed by atoms with Crippen LogP contribution in [0.4, 0.5) is 5.69 Å². The van der Waals surface area contributed by atoms with Gasteiger partial charge in [0.25, 0.3) is 0 Å². The molecular formula is C51H34N6. The highest BCUT2D eigenvalue weighted by Crippen LogP contribution is 2.58. The van der Waals surface area contributed by atoms with Crippen LogP contribution in [0.5, 0.6) is 0 Å². The molecule has 1 aliphatic carbocycles. The summed E-state index contributed by atoms with van der Waals surface area (Å²) < 4.78 is 4.78. The average molecular weight is 731 g/mol. The van der Waals surface area contributed by atoms with Crippen molar-refractivity contribution in [3.8, 4) is 33.6 Å². The summed E-state index contributed by atoms with van der Waals surface area (Å²) in [5, 5.41) is 7.15. The summed E-state index contributed by atoms with van der Waals surface area (Å²) in [5.74, 6) is 0. The number of nitrogens with one attached hydrogen (secondary N) is 1. The van der Waals surface area contributed by atoms with E-state index in [0.29, 0.717) is 0 Å². The lowest BCUT2D eigenvalue weighted by Crippen LogP contribution is -2.28. The minimum atomic E-state index is -0.587. The first kappa shape index (κ1) is 31.7. The minimum absolute atomic E-state index is 0.587. The Morgan fingerprint density at radius 1 is 0.509 bits per heavy atom. The number of fused-ring (bicyclic) bond motifs is 10. The van der Waals surface area contributed by atoms with Crippen molar-refractivity contribution in [2.45, 2.75) is 5.41 Å². The van der Waals surface area contributed by atoms with Crippen molar-refractivity contribution in [2.24, 2.45) is 0 Å². The van der Waals surface area contributed by atoms with Gasteiger partial charge >= 0.3 is 0 Å². The van der Waals surface area contributed by atoms with Crippen molar-refractivity contribution in [3.05, 3.63) is 211 Å². The first-order chi connectivity index (χ1) is 28.3. The Labute approximate surface area is 329 Å². The van der Waals surface area contributed by atoms with E-state index in [0.717, 1.165) is 51.3 Å². The average Bonchev–Trinajstić information content (AvgIpc) is 3.92. The van der Waals surface area contributed by atoms with Crippen LogP contribution in [0.2, 0.25) is 0 Å². The SMILES string of the molecule is C1=Cc2c(c3cnccc3n2-c2ccc(-c3ccc(-n4c5ccccc5c5ccc6c(c54)-c4ccccc4C6(c4cccnc4)c4cccnc4)cc3)cc2)NC1. The number of nitrogens with zero attached hydrogens (tertiary/aromatic N) is 5. The quantitative estimate of drug-likeness (QED) is 0.192. The molecule has 0 spiro atoms. The molecule has 57 heavy (non-hydrogen) atoms. The Morgan fingerprint density at radius 2 is 1.18 bits per heavy atom. The number of pyridine rings is 3. The van der Waals surface area contributed by atoms with E-state index in [-0.39, 0.29) is 0 Å². The maximum absolute atomic E-state index is 4.65. The second-order valence-electron chi connectivity index (χ2n) is 14.9. The van der Waals surface area contributed by atoms with E-state index in [2.05, 4.69) is 169 Å². The largest absolute Gasteiger partial charge is 0.379 e. The molecule has 12 rings (SSSR count). The molecule has 1 N–H and O–H groups in total. The van der Waals surface area contributed by atoms with E-state index < -0.39 is 5.41 Å². The molecule has 10 aromatic rings.